The molecule has 0 bridgehead atoms. The van der Waals surface area contributed by atoms with Crippen molar-refractivity contribution in [1.82, 2.24) is 10.2 Å². The zero-order valence-electron chi connectivity index (χ0n) is 10.9. The number of carbonyl (C=O) groups is 1. The number of carbonyl (C=O) groups excluding carboxylic acids is 1. The fourth-order valence-electron chi connectivity index (χ4n) is 2.09. The molecule has 1 aliphatic rings. The van der Waals surface area contributed by atoms with Crippen LogP contribution >= 0.6 is 23.2 Å². The molecule has 2 rings (SSSR count). The average Bonchev–Trinajstić information content (AvgIpc) is 2.64. The van der Waals surface area contributed by atoms with Gasteiger partial charge in [0.05, 0.1) is 16.6 Å². The van der Waals surface area contributed by atoms with E-state index in [0.717, 1.165) is 32.6 Å². The van der Waals surface area contributed by atoms with Crippen LogP contribution in [0, 0.1) is 5.82 Å². The van der Waals surface area contributed by atoms with E-state index in [-0.39, 0.29) is 16.0 Å². The highest BCUT2D eigenvalue weighted by atomic mass is 35.5. The molecule has 0 aromatic heterocycles. The van der Waals surface area contributed by atoms with Crippen LogP contribution in [0.3, 0.4) is 0 Å². The maximum Gasteiger partial charge on any atom is 0.238 e. The number of rotatable bonds is 3. The van der Waals surface area contributed by atoms with Gasteiger partial charge < -0.3 is 10.6 Å². The zero-order chi connectivity index (χ0) is 14.5. The van der Waals surface area contributed by atoms with E-state index >= 15 is 0 Å². The van der Waals surface area contributed by atoms with Crippen LogP contribution < -0.4 is 10.6 Å². The standard InChI is InChI=1S/C13H16Cl2FN3O/c14-10-6-9(7-11(15)13(10)16)18-12(20)8-19-4-1-2-17-3-5-19/h6-7,17H,1-5,8H2,(H,18,20). The first-order valence-electron chi connectivity index (χ1n) is 6.44. The van der Waals surface area contributed by atoms with Gasteiger partial charge in [0.15, 0.2) is 5.82 Å². The molecule has 4 nitrogen and oxygen atoms in total. The lowest BCUT2D eigenvalue weighted by atomic mass is 10.3. The van der Waals surface area contributed by atoms with Gasteiger partial charge in [-0.15, -0.1) is 0 Å². The summed E-state index contributed by atoms with van der Waals surface area (Å²) in [6, 6.07) is 2.70. The molecule has 0 saturated carbocycles. The quantitative estimate of drug-likeness (QED) is 0.841. The van der Waals surface area contributed by atoms with E-state index in [1.807, 2.05) is 0 Å². The summed E-state index contributed by atoms with van der Waals surface area (Å²) in [5, 5.41) is 5.74. The van der Waals surface area contributed by atoms with Crippen LogP contribution in [0.25, 0.3) is 0 Å². The molecular formula is C13H16Cl2FN3O. The molecule has 0 spiro atoms. The molecule has 1 fully saturated rings. The zero-order valence-corrected chi connectivity index (χ0v) is 12.4. The molecule has 1 heterocycles. The lowest BCUT2D eigenvalue weighted by Gasteiger charge is -2.18. The maximum absolute atomic E-state index is 13.3. The van der Waals surface area contributed by atoms with E-state index < -0.39 is 5.82 Å². The fraction of sp³-hybridized carbons (Fsp3) is 0.462. The largest absolute Gasteiger partial charge is 0.325 e. The summed E-state index contributed by atoms with van der Waals surface area (Å²) < 4.78 is 13.3. The van der Waals surface area contributed by atoms with Gasteiger partial charge in [0.1, 0.15) is 0 Å². The number of hydrogen-bond acceptors (Lipinski definition) is 3. The van der Waals surface area contributed by atoms with Gasteiger partial charge in [-0.1, -0.05) is 23.2 Å². The predicted octanol–water partition coefficient (Wildman–Crippen LogP) is 2.37. The Morgan fingerprint density at radius 2 is 2.00 bits per heavy atom. The topological polar surface area (TPSA) is 44.4 Å². The van der Waals surface area contributed by atoms with E-state index in [9.17, 15) is 9.18 Å². The van der Waals surface area contributed by atoms with Crippen molar-refractivity contribution in [2.75, 3.05) is 38.0 Å². The Bertz CT molecular complexity index is 467. The number of anilines is 1. The lowest BCUT2D eigenvalue weighted by Crippen LogP contribution is -2.35. The molecule has 0 aliphatic carbocycles. The minimum absolute atomic E-state index is 0.105. The number of halogens is 3. The van der Waals surface area contributed by atoms with Gasteiger partial charge in [0.25, 0.3) is 0 Å². The van der Waals surface area contributed by atoms with Crippen molar-refractivity contribution < 1.29 is 9.18 Å². The van der Waals surface area contributed by atoms with Gasteiger partial charge in [0, 0.05) is 18.8 Å². The number of amides is 1. The minimum Gasteiger partial charge on any atom is -0.325 e. The number of nitrogens with one attached hydrogen (secondary N) is 2. The molecular weight excluding hydrogens is 304 g/mol. The van der Waals surface area contributed by atoms with Crippen LogP contribution in [0.1, 0.15) is 6.42 Å². The normalized spacial score (nSPS) is 16.8. The van der Waals surface area contributed by atoms with Crippen LogP contribution in [-0.2, 0) is 4.79 Å². The second kappa shape index (κ2) is 7.22. The third-order valence-corrected chi connectivity index (χ3v) is 3.62. The fourth-order valence-corrected chi connectivity index (χ4v) is 2.58. The summed E-state index contributed by atoms with van der Waals surface area (Å²) in [5.74, 6) is -0.837. The van der Waals surface area contributed by atoms with Crippen molar-refractivity contribution in [3.63, 3.8) is 0 Å². The van der Waals surface area contributed by atoms with Crippen molar-refractivity contribution in [3.8, 4) is 0 Å². The lowest BCUT2D eigenvalue weighted by molar-refractivity contribution is -0.117. The van der Waals surface area contributed by atoms with E-state index in [2.05, 4.69) is 15.5 Å². The summed E-state index contributed by atoms with van der Waals surface area (Å²) in [7, 11) is 0. The summed E-state index contributed by atoms with van der Waals surface area (Å²) in [4.78, 5) is 14.0. The minimum atomic E-state index is -0.676. The molecule has 0 unspecified atom stereocenters. The molecule has 2 N–H and O–H groups in total. The van der Waals surface area contributed by atoms with Crippen LogP contribution in [0.5, 0.6) is 0 Å². The SMILES string of the molecule is O=C(CN1CCCNCC1)Nc1cc(Cl)c(F)c(Cl)c1. The Hall–Kier alpha value is -0.880. The van der Waals surface area contributed by atoms with E-state index in [4.69, 9.17) is 23.2 Å². The summed E-state index contributed by atoms with van der Waals surface area (Å²) in [6.45, 7) is 3.86. The summed E-state index contributed by atoms with van der Waals surface area (Å²) in [6.07, 6.45) is 1.02. The van der Waals surface area contributed by atoms with E-state index in [1.165, 1.54) is 12.1 Å². The Labute approximate surface area is 127 Å². The van der Waals surface area contributed by atoms with Crippen LogP contribution in [0.2, 0.25) is 10.0 Å². The highest BCUT2D eigenvalue weighted by molar-refractivity contribution is 6.35. The number of hydrogen-bond donors (Lipinski definition) is 2. The van der Waals surface area contributed by atoms with Gasteiger partial charge in [-0.25, -0.2) is 4.39 Å². The molecule has 7 heteroatoms. The monoisotopic (exact) mass is 319 g/mol. The van der Waals surface area contributed by atoms with Crippen molar-refractivity contribution in [2.45, 2.75) is 6.42 Å². The molecule has 1 aromatic rings. The van der Waals surface area contributed by atoms with Gasteiger partial charge in [-0.05, 0) is 31.6 Å². The second-order valence-electron chi connectivity index (χ2n) is 4.68. The third kappa shape index (κ3) is 4.31. The Kier molecular flexibility index (Phi) is 5.60. The average molecular weight is 320 g/mol. The van der Waals surface area contributed by atoms with E-state index in [1.54, 1.807) is 0 Å². The Morgan fingerprint density at radius 3 is 2.70 bits per heavy atom. The van der Waals surface area contributed by atoms with Crippen LogP contribution in [0.15, 0.2) is 12.1 Å². The first-order valence-corrected chi connectivity index (χ1v) is 7.19. The Balaban J connectivity index is 1.94. The molecule has 0 radical (unpaired) electrons. The number of nitrogens with zero attached hydrogens (tertiary/aromatic N) is 1. The van der Waals surface area contributed by atoms with Crippen molar-refractivity contribution >= 4 is 34.8 Å². The molecule has 0 atom stereocenters. The first kappa shape index (κ1) is 15.5. The van der Waals surface area contributed by atoms with Crippen molar-refractivity contribution in [3.05, 3.63) is 28.0 Å². The highest BCUT2D eigenvalue weighted by Crippen LogP contribution is 2.27. The van der Waals surface area contributed by atoms with Gasteiger partial charge in [-0.2, -0.15) is 0 Å². The molecule has 1 saturated heterocycles. The van der Waals surface area contributed by atoms with Crippen molar-refractivity contribution in [2.24, 2.45) is 0 Å². The second-order valence-corrected chi connectivity index (χ2v) is 5.50. The molecule has 1 amide bonds. The molecule has 1 aromatic carbocycles. The number of benzene rings is 1. The molecule has 110 valence electrons. The van der Waals surface area contributed by atoms with E-state index in [0.29, 0.717) is 12.2 Å². The van der Waals surface area contributed by atoms with Crippen molar-refractivity contribution in [1.29, 1.82) is 0 Å². The molecule has 20 heavy (non-hydrogen) atoms. The third-order valence-electron chi connectivity index (χ3n) is 3.07. The van der Waals surface area contributed by atoms with Crippen LogP contribution in [0.4, 0.5) is 10.1 Å². The molecule has 1 aliphatic heterocycles. The first-order chi connectivity index (χ1) is 9.56. The maximum atomic E-state index is 13.3. The van der Waals surface area contributed by atoms with Crippen LogP contribution in [-0.4, -0.2) is 43.5 Å². The van der Waals surface area contributed by atoms with Gasteiger partial charge in [0.2, 0.25) is 5.91 Å². The Morgan fingerprint density at radius 1 is 1.30 bits per heavy atom. The van der Waals surface area contributed by atoms with Gasteiger partial charge >= 0.3 is 0 Å². The summed E-state index contributed by atoms with van der Waals surface area (Å²) >= 11 is 11.4. The smallest absolute Gasteiger partial charge is 0.238 e. The summed E-state index contributed by atoms with van der Waals surface area (Å²) in [5.41, 5.74) is 0.402. The van der Waals surface area contributed by atoms with Gasteiger partial charge in [-0.3, -0.25) is 9.69 Å². The highest BCUT2D eigenvalue weighted by Gasteiger charge is 2.14. The predicted molar refractivity (Wildman–Crippen MR) is 79.0 cm³/mol.